The maximum atomic E-state index is 11.6. The molecule has 1 saturated heterocycles. The van der Waals surface area contributed by atoms with Crippen LogP contribution in [0.3, 0.4) is 0 Å². The second kappa shape index (κ2) is 9.64. The Bertz CT molecular complexity index is 1570. The van der Waals surface area contributed by atoms with Crippen LogP contribution in [0.15, 0.2) is 89.5 Å². The van der Waals surface area contributed by atoms with Crippen molar-refractivity contribution in [1.82, 2.24) is 10.3 Å². The van der Waals surface area contributed by atoms with Gasteiger partial charge in [0.2, 0.25) is 10.0 Å². The van der Waals surface area contributed by atoms with Gasteiger partial charge in [-0.2, -0.15) is 0 Å². The highest BCUT2D eigenvalue weighted by Crippen LogP contribution is 2.43. The molecule has 10 nitrogen and oxygen atoms in total. The molecule has 0 aliphatic carbocycles. The number of para-hydroxylation sites is 1. The van der Waals surface area contributed by atoms with Gasteiger partial charge < -0.3 is 14.6 Å². The summed E-state index contributed by atoms with van der Waals surface area (Å²) in [6.45, 7) is 0. The Kier molecular flexibility index (Phi) is 6.36. The molecule has 0 radical (unpaired) electrons. The first-order valence-corrected chi connectivity index (χ1v) is 13.4. The van der Waals surface area contributed by atoms with Gasteiger partial charge in [0.15, 0.2) is 5.11 Å². The molecule has 2 atom stereocenters. The predicted molar refractivity (Wildman–Crippen MR) is 144 cm³/mol. The van der Waals surface area contributed by atoms with Crippen LogP contribution in [0.4, 0.5) is 17.1 Å². The quantitative estimate of drug-likeness (QED) is 0.195. The van der Waals surface area contributed by atoms with Crippen molar-refractivity contribution < 1.29 is 17.8 Å². The first-order valence-electron chi connectivity index (χ1n) is 11.1. The van der Waals surface area contributed by atoms with Crippen LogP contribution in [-0.4, -0.2) is 29.7 Å². The van der Waals surface area contributed by atoms with Gasteiger partial charge in [-0.05, 0) is 66.8 Å². The standard InChI is InChI=1S/C25H21N5O5S2/c1-37(33,34)28-16-9-11-17(12-10-16)29-24(23(27-25(29)36)19-7-4-5-15-26-19)22-14-13-21(35-22)18-6-2-3-8-20(18)30(31)32/h2-15,23-24,28H,1H3,(H,27,36)/t23-,24-/m1/s1. The lowest BCUT2D eigenvalue weighted by molar-refractivity contribution is -0.384. The van der Waals surface area contributed by atoms with Crippen LogP contribution in [-0.2, 0) is 10.0 Å². The SMILES string of the molecule is CS(=O)(=O)Nc1ccc(N2C(=S)N[C@H](c3ccccn3)[C@H]2c2ccc(-c3ccccc3[N+](=O)[O-])o2)cc1. The molecule has 1 fully saturated rings. The minimum atomic E-state index is -3.42. The zero-order valence-electron chi connectivity index (χ0n) is 19.4. The smallest absolute Gasteiger partial charge is 0.280 e. The van der Waals surface area contributed by atoms with E-state index in [4.69, 9.17) is 16.6 Å². The molecule has 5 rings (SSSR count). The fraction of sp³-hybridized carbons (Fsp3) is 0.120. The third-order valence-corrected chi connectivity index (χ3v) is 6.75. The normalized spacial score (nSPS) is 17.4. The molecule has 0 saturated carbocycles. The second-order valence-corrected chi connectivity index (χ2v) is 10.5. The highest BCUT2D eigenvalue weighted by molar-refractivity contribution is 7.92. The Balaban J connectivity index is 1.57. The van der Waals surface area contributed by atoms with Gasteiger partial charge in [-0.25, -0.2) is 8.42 Å². The fourth-order valence-electron chi connectivity index (χ4n) is 4.32. The molecule has 1 aliphatic heterocycles. The average molecular weight is 536 g/mol. The van der Waals surface area contributed by atoms with Crippen molar-refractivity contribution in [3.63, 3.8) is 0 Å². The number of aromatic nitrogens is 1. The highest BCUT2D eigenvalue weighted by atomic mass is 32.2. The number of hydrogen-bond acceptors (Lipinski definition) is 7. The molecule has 4 aromatic rings. The van der Waals surface area contributed by atoms with Gasteiger partial charge in [0.1, 0.15) is 17.6 Å². The van der Waals surface area contributed by atoms with E-state index in [2.05, 4.69) is 15.0 Å². The number of benzene rings is 2. The van der Waals surface area contributed by atoms with E-state index in [0.29, 0.717) is 33.6 Å². The molecule has 0 bridgehead atoms. The van der Waals surface area contributed by atoms with Crippen LogP contribution < -0.4 is 14.9 Å². The first kappa shape index (κ1) is 24.4. The van der Waals surface area contributed by atoms with E-state index in [1.165, 1.54) is 6.07 Å². The minimum absolute atomic E-state index is 0.0597. The van der Waals surface area contributed by atoms with Crippen molar-refractivity contribution in [2.75, 3.05) is 15.9 Å². The monoisotopic (exact) mass is 535 g/mol. The maximum Gasteiger partial charge on any atom is 0.280 e. The zero-order chi connectivity index (χ0) is 26.2. The fourth-order valence-corrected chi connectivity index (χ4v) is 5.23. The summed E-state index contributed by atoms with van der Waals surface area (Å²) < 4.78 is 31.9. The van der Waals surface area contributed by atoms with Crippen LogP contribution in [0.5, 0.6) is 0 Å². The van der Waals surface area contributed by atoms with Gasteiger partial charge in [-0.15, -0.1) is 0 Å². The molecule has 0 amide bonds. The maximum absolute atomic E-state index is 11.6. The molecule has 188 valence electrons. The number of sulfonamides is 1. The number of nitro benzene ring substituents is 1. The van der Waals surface area contributed by atoms with Crippen molar-refractivity contribution in [3.05, 3.63) is 107 Å². The van der Waals surface area contributed by atoms with Crippen molar-refractivity contribution in [3.8, 4) is 11.3 Å². The van der Waals surface area contributed by atoms with E-state index < -0.39 is 21.0 Å². The number of rotatable bonds is 7. The van der Waals surface area contributed by atoms with Gasteiger partial charge in [0.05, 0.1) is 28.5 Å². The van der Waals surface area contributed by atoms with Crippen LogP contribution in [0.1, 0.15) is 23.5 Å². The Morgan fingerprint density at radius 3 is 2.46 bits per heavy atom. The van der Waals surface area contributed by atoms with Crippen molar-refractivity contribution >= 4 is 44.4 Å². The summed E-state index contributed by atoms with van der Waals surface area (Å²) >= 11 is 5.70. The number of nitrogens with zero attached hydrogens (tertiary/aromatic N) is 3. The average Bonchev–Trinajstić information content (AvgIpc) is 3.49. The number of furan rings is 1. The molecular weight excluding hydrogens is 514 g/mol. The number of thiocarbonyl (C=S) groups is 1. The second-order valence-electron chi connectivity index (χ2n) is 8.39. The number of anilines is 2. The van der Waals surface area contributed by atoms with Gasteiger partial charge in [0.25, 0.3) is 5.69 Å². The molecule has 3 heterocycles. The molecule has 2 N–H and O–H groups in total. The summed E-state index contributed by atoms with van der Waals surface area (Å²) in [5.74, 6) is 0.877. The number of pyridine rings is 1. The largest absolute Gasteiger partial charge is 0.459 e. The molecule has 0 unspecified atom stereocenters. The molecule has 2 aromatic heterocycles. The zero-order valence-corrected chi connectivity index (χ0v) is 21.1. The Hall–Kier alpha value is -4.29. The highest BCUT2D eigenvalue weighted by Gasteiger charge is 2.42. The van der Waals surface area contributed by atoms with E-state index in [1.54, 1.807) is 60.8 Å². The van der Waals surface area contributed by atoms with Gasteiger partial charge in [-0.1, -0.05) is 18.2 Å². The van der Waals surface area contributed by atoms with Crippen molar-refractivity contribution in [2.24, 2.45) is 0 Å². The summed E-state index contributed by atoms with van der Waals surface area (Å²) in [6.07, 6.45) is 2.77. The molecular formula is C25H21N5O5S2. The van der Waals surface area contributed by atoms with Crippen molar-refractivity contribution in [2.45, 2.75) is 12.1 Å². The summed E-state index contributed by atoms with van der Waals surface area (Å²) in [6, 6.07) is 21.4. The predicted octanol–water partition coefficient (Wildman–Crippen LogP) is 4.80. The minimum Gasteiger partial charge on any atom is -0.459 e. The van der Waals surface area contributed by atoms with Crippen LogP contribution in [0.25, 0.3) is 11.3 Å². The topological polar surface area (TPSA) is 131 Å². The molecule has 2 aromatic carbocycles. The van der Waals surface area contributed by atoms with E-state index in [-0.39, 0.29) is 11.7 Å². The van der Waals surface area contributed by atoms with Crippen LogP contribution >= 0.6 is 12.2 Å². The van der Waals surface area contributed by atoms with Crippen molar-refractivity contribution in [1.29, 1.82) is 0 Å². The van der Waals surface area contributed by atoms with E-state index in [9.17, 15) is 18.5 Å². The molecule has 12 heteroatoms. The summed E-state index contributed by atoms with van der Waals surface area (Å²) in [7, 11) is -3.42. The number of nitrogens with one attached hydrogen (secondary N) is 2. The number of hydrogen-bond donors (Lipinski definition) is 2. The summed E-state index contributed by atoms with van der Waals surface area (Å²) in [5.41, 5.74) is 2.15. The first-order chi connectivity index (χ1) is 17.7. The lowest BCUT2D eigenvalue weighted by atomic mass is 10.0. The summed E-state index contributed by atoms with van der Waals surface area (Å²) in [4.78, 5) is 17.5. The lowest BCUT2D eigenvalue weighted by Gasteiger charge is -2.26. The van der Waals surface area contributed by atoms with Gasteiger partial charge in [0, 0.05) is 23.6 Å². The number of nitro groups is 1. The third-order valence-electron chi connectivity index (χ3n) is 5.83. The summed E-state index contributed by atoms with van der Waals surface area (Å²) in [5, 5.41) is 15.3. The Labute approximate surface area is 218 Å². The molecule has 1 aliphatic rings. The van der Waals surface area contributed by atoms with Crippen LogP contribution in [0.2, 0.25) is 0 Å². The lowest BCUT2D eigenvalue weighted by Crippen LogP contribution is -2.29. The van der Waals surface area contributed by atoms with Gasteiger partial charge >= 0.3 is 0 Å². The van der Waals surface area contributed by atoms with Gasteiger partial charge in [-0.3, -0.25) is 19.8 Å². The Morgan fingerprint density at radius 1 is 1.05 bits per heavy atom. The van der Waals surface area contributed by atoms with E-state index in [0.717, 1.165) is 11.9 Å². The van der Waals surface area contributed by atoms with Crippen LogP contribution in [0, 0.1) is 10.1 Å². The van der Waals surface area contributed by atoms with E-state index in [1.807, 2.05) is 23.1 Å². The third kappa shape index (κ3) is 5.01. The van der Waals surface area contributed by atoms with E-state index >= 15 is 0 Å². The molecule has 0 spiro atoms. The Morgan fingerprint density at radius 2 is 1.78 bits per heavy atom. The molecule has 37 heavy (non-hydrogen) atoms.